The molecule has 0 radical (unpaired) electrons. The molecule has 8 nitrogen and oxygen atoms in total. The van der Waals surface area contributed by atoms with Gasteiger partial charge in [-0.05, 0) is 48.5 Å². The molecular weight excluding hydrogens is 409 g/mol. The van der Waals surface area contributed by atoms with E-state index in [9.17, 15) is 14.0 Å². The first-order valence-corrected chi connectivity index (χ1v) is 9.93. The molecule has 0 atom stereocenters. The SMILES string of the molecule is COc1ccc(NC(=O)CSc2nnc(CNC(=O)c3ccc(F)cc3)n2C)cc1. The number of amides is 2. The number of nitrogens with zero attached hydrogens (tertiary/aromatic N) is 3. The van der Waals surface area contributed by atoms with Gasteiger partial charge in [-0.25, -0.2) is 4.39 Å². The van der Waals surface area contributed by atoms with Crippen LogP contribution in [0.3, 0.4) is 0 Å². The first kappa shape index (κ1) is 21.3. The number of hydrogen-bond donors (Lipinski definition) is 2. The molecule has 0 saturated heterocycles. The van der Waals surface area contributed by atoms with Crippen LogP contribution in [0, 0.1) is 5.82 Å². The summed E-state index contributed by atoms with van der Waals surface area (Å²) < 4.78 is 19.7. The zero-order valence-electron chi connectivity index (χ0n) is 16.4. The van der Waals surface area contributed by atoms with Crippen molar-refractivity contribution in [2.24, 2.45) is 7.05 Å². The largest absolute Gasteiger partial charge is 0.497 e. The van der Waals surface area contributed by atoms with Crippen LogP contribution in [0.2, 0.25) is 0 Å². The number of aromatic nitrogens is 3. The van der Waals surface area contributed by atoms with Gasteiger partial charge < -0.3 is 19.9 Å². The van der Waals surface area contributed by atoms with Crippen LogP contribution in [0.25, 0.3) is 0 Å². The highest BCUT2D eigenvalue weighted by Gasteiger charge is 2.13. The summed E-state index contributed by atoms with van der Waals surface area (Å²) in [6.07, 6.45) is 0. The third-order valence-corrected chi connectivity index (χ3v) is 5.16. The number of thioether (sulfide) groups is 1. The van der Waals surface area contributed by atoms with Gasteiger partial charge in [0.25, 0.3) is 5.91 Å². The predicted octanol–water partition coefficient (Wildman–Crippen LogP) is 2.62. The summed E-state index contributed by atoms with van der Waals surface area (Å²) in [6, 6.07) is 12.3. The van der Waals surface area contributed by atoms with Gasteiger partial charge >= 0.3 is 0 Å². The van der Waals surface area contributed by atoms with Crippen LogP contribution in [0.1, 0.15) is 16.2 Å². The second-order valence-electron chi connectivity index (χ2n) is 6.21. The molecule has 0 saturated carbocycles. The van der Waals surface area contributed by atoms with Crippen molar-refractivity contribution in [3.05, 3.63) is 65.7 Å². The third-order valence-electron chi connectivity index (χ3n) is 4.14. The maximum Gasteiger partial charge on any atom is 0.251 e. The van der Waals surface area contributed by atoms with Crippen molar-refractivity contribution in [2.75, 3.05) is 18.2 Å². The van der Waals surface area contributed by atoms with Crippen molar-refractivity contribution < 1.29 is 18.7 Å². The maximum absolute atomic E-state index is 12.9. The molecule has 2 amide bonds. The van der Waals surface area contributed by atoms with Crippen molar-refractivity contribution in [1.82, 2.24) is 20.1 Å². The molecule has 2 N–H and O–H groups in total. The first-order valence-electron chi connectivity index (χ1n) is 8.95. The third kappa shape index (κ3) is 5.57. The average molecular weight is 429 g/mol. The van der Waals surface area contributed by atoms with Gasteiger partial charge in [-0.15, -0.1) is 10.2 Å². The van der Waals surface area contributed by atoms with Crippen molar-refractivity contribution in [3.63, 3.8) is 0 Å². The number of nitrogens with one attached hydrogen (secondary N) is 2. The van der Waals surface area contributed by atoms with Gasteiger partial charge in [0.05, 0.1) is 19.4 Å². The lowest BCUT2D eigenvalue weighted by Gasteiger charge is -2.07. The second kappa shape index (κ2) is 9.88. The highest BCUT2D eigenvalue weighted by molar-refractivity contribution is 7.99. The van der Waals surface area contributed by atoms with Crippen LogP contribution in [-0.2, 0) is 18.4 Å². The smallest absolute Gasteiger partial charge is 0.251 e. The highest BCUT2D eigenvalue weighted by atomic mass is 32.2. The van der Waals surface area contributed by atoms with Gasteiger partial charge in [0.15, 0.2) is 11.0 Å². The minimum Gasteiger partial charge on any atom is -0.497 e. The quantitative estimate of drug-likeness (QED) is 0.534. The minimum atomic E-state index is -0.405. The monoisotopic (exact) mass is 429 g/mol. The van der Waals surface area contributed by atoms with E-state index < -0.39 is 5.82 Å². The summed E-state index contributed by atoms with van der Waals surface area (Å²) in [5, 5.41) is 14.2. The van der Waals surface area contributed by atoms with Gasteiger partial charge in [-0.2, -0.15) is 0 Å². The molecule has 1 aromatic heterocycles. The number of benzene rings is 2. The van der Waals surface area contributed by atoms with E-state index in [1.165, 1.54) is 36.0 Å². The van der Waals surface area contributed by atoms with E-state index in [0.29, 0.717) is 28.0 Å². The number of halogens is 1. The van der Waals surface area contributed by atoms with Crippen LogP contribution in [0.15, 0.2) is 53.7 Å². The Morgan fingerprint density at radius 2 is 1.80 bits per heavy atom. The Hall–Kier alpha value is -3.40. The molecule has 156 valence electrons. The van der Waals surface area contributed by atoms with E-state index in [4.69, 9.17) is 4.74 Å². The Morgan fingerprint density at radius 1 is 1.10 bits per heavy atom. The summed E-state index contributed by atoms with van der Waals surface area (Å²) in [5.74, 6) is 0.465. The molecule has 0 aliphatic carbocycles. The first-order chi connectivity index (χ1) is 14.5. The van der Waals surface area contributed by atoms with Crippen LogP contribution in [0.5, 0.6) is 5.75 Å². The Balaban J connectivity index is 1.50. The van der Waals surface area contributed by atoms with Gasteiger partial charge in [0.1, 0.15) is 11.6 Å². The van der Waals surface area contributed by atoms with Gasteiger partial charge in [0.2, 0.25) is 5.91 Å². The normalized spacial score (nSPS) is 10.5. The van der Waals surface area contributed by atoms with Crippen LogP contribution in [-0.4, -0.2) is 39.4 Å². The summed E-state index contributed by atoms with van der Waals surface area (Å²) >= 11 is 1.23. The molecule has 10 heteroatoms. The summed E-state index contributed by atoms with van der Waals surface area (Å²) in [6.45, 7) is 0.151. The van der Waals surface area contributed by atoms with E-state index in [-0.39, 0.29) is 24.1 Å². The van der Waals surface area contributed by atoms with E-state index in [2.05, 4.69) is 20.8 Å². The molecule has 0 spiro atoms. The van der Waals surface area contributed by atoms with Crippen molar-refractivity contribution in [2.45, 2.75) is 11.7 Å². The van der Waals surface area contributed by atoms with E-state index in [1.807, 2.05) is 0 Å². The molecule has 2 aromatic carbocycles. The average Bonchev–Trinajstić information content (AvgIpc) is 3.11. The topological polar surface area (TPSA) is 98.1 Å². The summed E-state index contributed by atoms with van der Waals surface area (Å²) in [7, 11) is 3.33. The zero-order valence-corrected chi connectivity index (χ0v) is 17.2. The van der Waals surface area contributed by atoms with Crippen LogP contribution in [0.4, 0.5) is 10.1 Å². The Kier molecular flexibility index (Phi) is 7.02. The second-order valence-corrected chi connectivity index (χ2v) is 7.16. The van der Waals surface area contributed by atoms with Crippen LogP contribution >= 0.6 is 11.8 Å². The van der Waals surface area contributed by atoms with E-state index in [1.54, 1.807) is 43.0 Å². The number of carbonyl (C=O) groups excluding carboxylic acids is 2. The fourth-order valence-electron chi connectivity index (χ4n) is 2.49. The molecule has 0 aliphatic rings. The van der Waals surface area contributed by atoms with E-state index >= 15 is 0 Å². The minimum absolute atomic E-state index is 0.151. The number of carbonyl (C=O) groups is 2. The number of anilines is 1. The van der Waals surface area contributed by atoms with Crippen molar-refractivity contribution >= 4 is 29.3 Å². The number of hydrogen-bond acceptors (Lipinski definition) is 6. The van der Waals surface area contributed by atoms with Gasteiger partial charge in [-0.1, -0.05) is 11.8 Å². The molecule has 30 heavy (non-hydrogen) atoms. The molecule has 3 aromatic rings. The number of ether oxygens (including phenoxy) is 1. The summed E-state index contributed by atoms with van der Waals surface area (Å²) in [5.41, 5.74) is 1.02. The van der Waals surface area contributed by atoms with E-state index in [0.717, 1.165) is 0 Å². The Labute approximate surface area is 176 Å². The van der Waals surface area contributed by atoms with Crippen LogP contribution < -0.4 is 15.4 Å². The van der Waals surface area contributed by atoms with Crippen molar-refractivity contribution in [1.29, 1.82) is 0 Å². The lowest BCUT2D eigenvalue weighted by Crippen LogP contribution is -2.24. The molecular formula is C20H20FN5O3S. The van der Waals surface area contributed by atoms with Crippen molar-refractivity contribution in [3.8, 4) is 5.75 Å². The zero-order chi connectivity index (χ0) is 21.5. The number of methoxy groups -OCH3 is 1. The molecule has 0 bridgehead atoms. The standard InChI is InChI=1S/C20H20FN5O3S/c1-26-17(11-22-19(28)13-3-5-14(21)6-4-13)24-25-20(26)30-12-18(27)23-15-7-9-16(29-2)10-8-15/h3-10H,11-12H2,1-2H3,(H,22,28)(H,23,27). The van der Waals surface area contributed by atoms with Gasteiger partial charge in [0, 0.05) is 18.3 Å². The molecule has 3 rings (SSSR count). The highest BCUT2D eigenvalue weighted by Crippen LogP contribution is 2.18. The molecule has 0 aliphatic heterocycles. The molecule has 1 heterocycles. The predicted molar refractivity (Wildman–Crippen MR) is 111 cm³/mol. The summed E-state index contributed by atoms with van der Waals surface area (Å²) in [4.78, 5) is 24.3. The molecule has 0 fully saturated rings. The number of rotatable bonds is 8. The fourth-order valence-corrected chi connectivity index (χ4v) is 3.22. The fraction of sp³-hybridized carbons (Fsp3) is 0.200. The maximum atomic E-state index is 12.9. The van der Waals surface area contributed by atoms with Gasteiger partial charge in [-0.3, -0.25) is 9.59 Å². The lowest BCUT2D eigenvalue weighted by atomic mass is 10.2. The Morgan fingerprint density at radius 3 is 2.47 bits per heavy atom. The lowest BCUT2D eigenvalue weighted by molar-refractivity contribution is -0.113. The Bertz CT molecular complexity index is 1020. The molecule has 0 unspecified atom stereocenters.